The summed E-state index contributed by atoms with van der Waals surface area (Å²) in [5.74, 6) is 0.0445. The van der Waals surface area contributed by atoms with Crippen molar-refractivity contribution in [2.24, 2.45) is 0 Å². The Labute approximate surface area is 138 Å². The van der Waals surface area contributed by atoms with E-state index < -0.39 is 6.04 Å². The van der Waals surface area contributed by atoms with E-state index in [1.807, 2.05) is 54.6 Å². The number of carbonyl (C=O) groups excluding carboxylic acids is 2. The topological polar surface area (TPSA) is 76.0 Å². The average Bonchev–Trinajstić information content (AvgIpc) is 2.98. The van der Waals surface area contributed by atoms with Gasteiger partial charge in [0.2, 0.25) is 17.8 Å². The van der Waals surface area contributed by atoms with Gasteiger partial charge in [0.05, 0.1) is 17.5 Å². The molecule has 2 heterocycles. The molecule has 6 heteroatoms. The lowest BCUT2D eigenvalue weighted by molar-refractivity contribution is -0.128. The molecular formula is C18H16N4O2. The van der Waals surface area contributed by atoms with Crippen LogP contribution in [-0.2, 0) is 16.1 Å². The molecule has 1 unspecified atom stereocenters. The van der Waals surface area contributed by atoms with Crippen molar-refractivity contribution in [3.63, 3.8) is 0 Å². The van der Waals surface area contributed by atoms with Crippen LogP contribution >= 0.6 is 0 Å². The van der Waals surface area contributed by atoms with E-state index in [0.29, 0.717) is 12.5 Å². The van der Waals surface area contributed by atoms with Gasteiger partial charge >= 0.3 is 0 Å². The zero-order valence-electron chi connectivity index (χ0n) is 12.9. The minimum absolute atomic E-state index is 0.105. The first-order valence-corrected chi connectivity index (χ1v) is 7.81. The van der Waals surface area contributed by atoms with Crippen molar-refractivity contribution in [1.29, 1.82) is 0 Å². The molecule has 2 N–H and O–H groups in total. The zero-order chi connectivity index (χ0) is 16.5. The Balaban J connectivity index is 1.64. The third kappa shape index (κ3) is 2.52. The van der Waals surface area contributed by atoms with Crippen LogP contribution in [0.2, 0.25) is 0 Å². The van der Waals surface area contributed by atoms with Gasteiger partial charge in [0, 0.05) is 6.54 Å². The Hall–Kier alpha value is -3.15. The van der Waals surface area contributed by atoms with Crippen LogP contribution in [-0.4, -0.2) is 21.4 Å². The molecule has 0 saturated carbocycles. The maximum atomic E-state index is 12.7. The average molecular weight is 320 g/mol. The van der Waals surface area contributed by atoms with Gasteiger partial charge in [0.1, 0.15) is 6.04 Å². The Bertz CT molecular complexity index is 917. The molecule has 0 spiro atoms. The van der Waals surface area contributed by atoms with Gasteiger partial charge in [-0.25, -0.2) is 4.98 Å². The van der Waals surface area contributed by atoms with Gasteiger partial charge in [-0.05, 0) is 17.7 Å². The van der Waals surface area contributed by atoms with Gasteiger partial charge in [-0.3, -0.25) is 19.5 Å². The third-order valence-electron chi connectivity index (χ3n) is 4.15. The van der Waals surface area contributed by atoms with Crippen LogP contribution < -0.4 is 10.6 Å². The molecule has 0 aliphatic carbocycles. The summed E-state index contributed by atoms with van der Waals surface area (Å²) in [7, 11) is 0. The number of hydrogen-bond donors (Lipinski definition) is 2. The summed E-state index contributed by atoms with van der Waals surface area (Å²) in [6.07, 6.45) is 0.105. The molecule has 1 atom stereocenters. The smallest absolute Gasteiger partial charge is 0.244 e. The van der Waals surface area contributed by atoms with Gasteiger partial charge in [0.15, 0.2) is 0 Å². The molecule has 0 saturated heterocycles. The highest BCUT2D eigenvalue weighted by Crippen LogP contribution is 2.30. The molecule has 0 radical (unpaired) electrons. The fourth-order valence-corrected chi connectivity index (χ4v) is 3.00. The van der Waals surface area contributed by atoms with Crippen LogP contribution in [0, 0.1) is 0 Å². The summed E-state index contributed by atoms with van der Waals surface area (Å²) in [6, 6.07) is 16.6. The van der Waals surface area contributed by atoms with Crippen molar-refractivity contribution in [3.8, 4) is 0 Å². The Morgan fingerprint density at radius 3 is 2.75 bits per heavy atom. The highest BCUT2D eigenvalue weighted by atomic mass is 16.2. The van der Waals surface area contributed by atoms with Crippen LogP contribution in [0.4, 0.5) is 5.95 Å². The van der Waals surface area contributed by atoms with E-state index in [0.717, 1.165) is 16.6 Å². The van der Waals surface area contributed by atoms with Crippen molar-refractivity contribution in [1.82, 2.24) is 14.9 Å². The normalized spacial score (nSPS) is 16.5. The van der Waals surface area contributed by atoms with Crippen molar-refractivity contribution in [2.45, 2.75) is 19.0 Å². The van der Waals surface area contributed by atoms with Crippen LogP contribution in [0.3, 0.4) is 0 Å². The number of imidazole rings is 1. The first-order valence-electron chi connectivity index (χ1n) is 7.81. The number of aromatic nitrogens is 2. The minimum Gasteiger partial charge on any atom is -0.350 e. The van der Waals surface area contributed by atoms with E-state index in [1.54, 1.807) is 4.57 Å². The summed E-state index contributed by atoms with van der Waals surface area (Å²) in [5, 5.41) is 5.66. The second-order valence-electron chi connectivity index (χ2n) is 5.77. The van der Waals surface area contributed by atoms with E-state index >= 15 is 0 Å². The van der Waals surface area contributed by atoms with Gasteiger partial charge in [-0.1, -0.05) is 42.5 Å². The number of benzene rings is 2. The van der Waals surface area contributed by atoms with E-state index in [9.17, 15) is 9.59 Å². The number of fused-ring (bicyclic) bond motifs is 3. The van der Waals surface area contributed by atoms with Crippen LogP contribution in [0.5, 0.6) is 0 Å². The Kier molecular flexibility index (Phi) is 3.49. The molecule has 3 aromatic rings. The maximum absolute atomic E-state index is 12.7. The molecule has 1 aromatic heterocycles. The van der Waals surface area contributed by atoms with Crippen molar-refractivity contribution in [3.05, 3.63) is 60.2 Å². The predicted octanol–water partition coefficient (Wildman–Crippen LogP) is 2.24. The number of amides is 2. The first-order chi connectivity index (χ1) is 11.7. The lowest BCUT2D eigenvalue weighted by Gasteiger charge is -2.25. The van der Waals surface area contributed by atoms with Crippen LogP contribution in [0.1, 0.15) is 18.0 Å². The van der Waals surface area contributed by atoms with E-state index in [1.165, 1.54) is 0 Å². The van der Waals surface area contributed by atoms with Crippen molar-refractivity contribution < 1.29 is 9.59 Å². The number of hydrogen-bond acceptors (Lipinski definition) is 3. The van der Waals surface area contributed by atoms with Crippen molar-refractivity contribution in [2.75, 3.05) is 5.32 Å². The quantitative estimate of drug-likeness (QED) is 0.777. The molecule has 24 heavy (non-hydrogen) atoms. The molecule has 0 fully saturated rings. The fourth-order valence-electron chi connectivity index (χ4n) is 3.00. The number of para-hydroxylation sites is 2. The third-order valence-corrected chi connectivity index (χ3v) is 4.15. The zero-order valence-corrected chi connectivity index (χ0v) is 12.9. The monoisotopic (exact) mass is 320 g/mol. The second kappa shape index (κ2) is 5.81. The van der Waals surface area contributed by atoms with E-state index in [4.69, 9.17) is 0 Å². The predicted molar refractivity (Wildman–Crippen MR) is 90.3 cm³/mol. The second-order valence-corrected chi connectivity index (χ2v) is 5.77. The van der Waals surface area contributed by atoms with Crippen LogP contribution in [0.15, 0.2) is 54.6 Å². The van der Waals surface area contributed by atoms with Gasteiger partial charge in [-0.2, -0.15) is 0 Å². The standard InChI is InChI=1S/C18H16N4O2/c23-16-10-15(17(24)19-11-12-6-2-1-3-7-12)22-14-9-5-4-8-13(14)20-18(22)21-16/h1-9,15H,10-11H2,(H,19,24)(H,20,21,23). The summed E-state index contributed by atoms with van der Waals surface area (Å²) in [6.45, 7) is 0.430. The van der Waals surface area contributed by atoms with Gasteiger partial charge < -0.3 is 5.32 Å². The number of nitrogens with one attached hydrogen (secondary N) is 2. The Morgan fingerprint density at radius 2 is 1.92 bits per heavy atom. The minimum atomic E-state index is -0.593. The lowest BCUT2D eigenvalue weighted by atomic mass is 10.1. The lowest BCUT2D eigenvalue weighted by Crippen LogP contribution is -2.38. The summed E-state index contributed by atoms with van der Waals surface area (Å²) < 4.78 is 1.80. The van der Waals surface area contributed by atoms with Crippen LogP contribution in [0.25, 0.3) is 11.0 Å². The molecule has 120 valence electrons. The number of anilines is 1. The van der Waals surface area contributed by atoms with E-state index in [2.05, 4.69) is 15.6 Å². The highest BCUT2D eigenvalue weighted by Gasteiger charge is 2.32. The van der Waals surface area contributed by atoms with E-state index in [-0.39, 0.29) is 18.2 Å². The van der Waals surface area contributed by atoms with Gasteiger partial charge in [0.25, 0.3) is 0 Å². The largest absolute Gasteiger partial charge is 0.350 e. The summed E-state index contributed by atoms with van der Waals surface area (Å²) >= 11 is 0. The number of carbonyl (C=O) groups is 2. The highest BCUT2D eigenvalue weighted by molar-refractivity contribution is 5.99. The van der Waals surface area contributed by atoms with Crippen molar-refractivity contribution >= 4 is 28.8 Å². The summed E-state index contributed by atoms with van der Waals surface area (Å²) in [5.41, 5.74) is 2.62. The molecular weight excluding hydrogens is 304 g/mol. The fraction of sp³-hybridized carbons (Fsp3) is 0.167. The molecule has 6 nitrogen and oxygen atoms in total. The molecule has 2 aromatic carbocycles. The van der Waals surface area contributed by atoms with Gasteiger partial charge in [-0.15, -0.1) is 0 Å². The molecule has 2 amide bonds. The number of rotatable bonds is 3. The Morgan fingerprint density at radius 1 is 1.17 bits per heavy atom. The summed E-state index contributed by atoms with van der Waals surface area (Å²) in [4.78, 5) is 29.0. The maximum Gasteiger partial charge on any atom is 0.244 e. The molecule has 0 bridgehead atoms. The number of nitrogens with zero attached hydrogens (tertiary/aromatic N) is 2. The molecule has 1 aliphatic heterocycles. The molecule has 1 aliphatic rings. The SMILES string of the molecule is O=C1CC(C(=O)NCc2ccccc2)n2c(nc3ccccc32)N1. The first kappa shape index (κ1) is 14.4. The molecule has 4 rings (SSSR count).